The predicted octanol–water partition coefficient (Wildman–Crippen LogP) is 3.82. The largest absolute Gasteiger partial charge is 0.404 e. The standard InChI is InChI=1S/C29H35N7O2.H2/c1-31-26(20-35-11-13-38-14-12-35)25(18-30)21-5-6-23-19-33-27(16-24(23)15-21)34-29(37)22-7-8-32-28(17-22)36-9-3-2-4-10-36;/h5-8,15-19H,2-4,9-14,20,30H2,1H3,(H,33,34,37);1H/b25-18-,31-26?;. The molecule has 2 aromatic heterocycles. The molecule has 0 atom stereocenters. The van der Waals surface area contributed by atoms with Gasteiger partial charge >= 0.3 is 0 Å². The second kappa shape index (κ2) is 12.1. The fourth-order valence-electron chi connectivity index (χ4n) is 5.03. The number of pyridine rings is 2. The Labute approximate surface area is 224 Å². The van der Waals surface area contributed by atoms with Crippen LogP contribution in [0.25, 0.3) is 16.3 Å². The molecule has 0 unspecified atom stereocenters. The van der Waals surface area contributed by atoms with Gasteiger partial charge in [0, 0.05) is 76.3 Å². The maximum atomic E-state index is 13.1. The molecule has 0 bridgehead atoms. The van der Waals surface area contributed by atoms with E-state index in [1.165, 1.54) is 6.42 Å². The van der Waals surface area contributed by atoms with Gasteiger partial charge in [0.1, 0.15) is 11.6 Å². The highest BCUT2D eigenvalue weighted by atomic mass is 16.5. The first kappa shape index (κ1) is 25.8. The Kier molecular flexibility index (Phi) is 8.25. The minimum Gasteiger partial charge on any atom is -0.404 e. The normalized spacial score (nSPS) is 17.6. The van der Waals surface area contributed by atoms with E-state index in [1.807, 2.05) is 24.3 Å². The number of anilines is 2. The molecule has 2 saturated heterocycles. The Balaban J connectivity index is 0.00000353. The molecule has 200 valence electrons. The van der Waals surface area contributed by atoms with E-state index in [0.717, 1.165) is 85.7 Å². The molecule has 0 saturated carbocycles. The summed E-state index contributed by atoms with van der Waals surface area (Å²) in [5, 5.41) is 4.88. The minimum absolute atomic E-state index is 0. The zero-order valence-electron chi connectivity index (χ0n) is 21.9. The number of nitrogens with one attached hydrogen (secondary N) is 1. The Bertz CT molecular complexity index is 1350. The van der Waals surface area contributed by atoms with E-state index in [-0.39, 0.29) is 7.33 Å². The molecule has 0 aliphatic carbocycles. The number of carbonyl (C=O) groups excluding carboxylic acids is 1. The number of piperidine rings is 1. The van der Waals surface area contributed by atoms with Crippen molar-refractivity contribution in [3.8, 4) is 0 Å². The van der Waals surface area contributed by atoms with Gasteiger partial charge in [-0.05, 0) is 54.5 Å². The van der Waals surface area contributed by atoms with Crippen LogP contribution in [0.1, 0.15) is 36.6 Å². The van der Waals surface area contributed by atoms with Crippen LogP contribution < -0.4 is 16.0 Å². The Morgan fingerprint density at radius 3 is 2.63 bits per heavy atom. The Morgan fingerprint density at radius 1 is 1.05 bits per heavy atom. The number of fused-ring (bicyclic) bond motifs is 1. The van der Waals surface area contributed by atoms with Gasteiger partial charge in [-0.15, -0.1) is 0 Å². The molecule has 4 heterocycles. The van der Waals surface area contributed by atoms with E-state index >= 15 is 0 Å². The lowest BCUT2D eigenvalue weighted by Gasteiger charge is -2.27. The van der Waals surface area contributed by atoms with E-state index in [4.69, 9.17) is 10.5 Å². The molecule has 1 amide bonds. The van der Waals surface area contributed by atoms with Crippen molar-refractivity contribution in [2.45, 2.75) is 19.3 Å². The van der Waals surface area contributed by atoms with Crippen molar-refractivity contribution in [3.63, 3.8) is 0 Å². The predicted molar refractivity (Wildman–Crippen MR) is 155 cm³/mol. The topological polar surface area (TPSA) is 109 Å². The number of amides is 1. The maximum Gasteiger partial charge on any atom is 0.257 e. The van der Waals surface area contributed by atoms with Crippen LogP contribution in [0.4, 0.5) is 11.6 Å². The molecule has 3 N–H and O–H groups in total. The van der Waals surface area contributed by atoms with E-state index in [9.17, 15) is 4.79 Å². The van der Waals surface area contributed by atoms with Crippen molar-refractivity contribution in [1.82, 2.24) is 14.9 Å². The molecule has 9 nitrogen and oxygen atoms in total. The third-order valence-electron chi connectivity index (χ3n) is 7.19. The number of nitrogens with zero attached hydrogens (tertiary/aromatic N) is 5. The fraction of sp³-hybridized carbons (Fsp3) is 0.379. The van der Waals surface area contributed by atoms with E-state index in [0.29, 0.717) is 17.9 Å². The van der Waals surface area contributed by atoms with Crippen molar-refractivity contribution in [3.05, 3.63) is 66.1 Å². The van der Waals surface area contributed by atoms with Gasteiger partial charge < -0.3 is 20.7 Å². The van der Waals surface area contributed by atoms with Crippen LogP contribution in [0, 0.1) is 0 Å². The van der Waals surface area contributed by atoms with Crippen LogP contribution in [-0.2, 0) is 4.74 Å². The summed E-state index contributed by atoms with van der Waals surface area (Å²) in [6.45, 7) is 5.88. The number of hydrogen-bond donors (Lipinski definition) is 2. The van der Waals surface area contributed by atoms with Gasteiger partial charge in [-0.2, -0.15) is 0 Å². The van der Waals surface area contributed by atoms with E-state index in [2.05, 4.69) is 36.1 Å². The summed E-state index contributed by atoms with van der Waals surface area (Å²) >= 11 is 0. The van der Waals surface area contributed by atoms with Gasteiger partial charge in [0.25, 0.3) is 5.91 Å². The maximum absolute atomic E-state index is 13.1. The van der Waals surface area contributed by atoms with Crippen LogP contribution >= 0.6 is 0 Å². The monoisotopic (exact) mass is 515 g/mol. The third-order valence-corrected chi connectivity index (χ3v) is 7.19. The van der Waals surface area contributed by atoms with Crippen LogP contribution in [0.2, 0.25) is 0 Å². The van der Waals surface area contributed by atoms with E-state index in [1.54, 1.807) is 31.7 Å². The number of aromatic nitrogens is 2. The molecule has 2 aliphatic rings. The first-order chi connectivity index (χ1) is 18.6. The number of carbonyl (C=O) groups is 1. The average molecular weight is 516 g/mol. The van der Waals surface area contributed by atoms with Crippen LogP contribution in [0.5, 0.6) is 0 Å². The van der Waals surface area contributed by atoms with Crippen LogP contribution in [0.3, 0.4) is 0 Å². The van der Waals surface area contributed by atoms with Gasteiger partial charge in [0.05, 0.1) is 18.9 Å². The molecular weight excluding hydrogens is 478 g/mol. The van der Waals surface area contributed by atoms with Gasteiger partial charge in [-0.3, -0.25) is 14.7 Å². The lowest BCUT2D eigenvalue weighted by Crippen LogP contribution is -2.39. The summed E-state index contributed by atoms with van der Waals surface area (Å²) in [5.41, 5.74) is 9.45. The minimum atomic E-state index is -0.206. The number of rotatable bonds is 7. The second-order valence-electron chi connectivity index (χ2n) is 9.68. The zero-order chi connectivity index (χ0) is 26.3. The number of nitrogens with two attached hydrogens (primary N) is 1. The summed E-state index contributed by atoms with van der Waals surface area (Å²) in [6, 6.07) is 11.6. The average Bonchev–Trinajstić information content (AvgIpc) is 2.98. The highest BCUT2D eigenvalue weighted by Gasteiger charge is 2.18. The van der Waals surface area contributed by atoms with Crippen molar-refractivity contribution in [2.75, 3.05) is 63.2 Å². The molecule has 1 aromatic carbocycles. The number of morpholine rings is 1. The molecule has 38 heavy (non-hydrogen) atoms. The highest BCUT2D eigenvalue weighted by Crippen LogP contribution is 2.25. The smallest absolute Gasteiger partial charge is 0.257 e. The van der Waals surface area contributed by atoms with Crippen LogP contribution in [-0.4, -0.2) is 79.5 Å². The van der Waals surface area contributed by atoms with Gasteiger partial charge in [-0.1, -0.05) is 12.1 Å². The number of hydrogen-bond acceptors (Lipinski definition) is 8. The Hall–Kier alpha value is -3.82. The molecule has 0 radical (unpaired) electrons. The molecule has 2 fully saturated rings. The molecule has 0 spiro atoms. The SMILES string of the molecule is CN=C(CN1CCOCC1)/C(=C\N)c1ccc2cnc(NC(=O)c3ccnc(N4CCCCC4)c3)cc2c1.[HH]. The van der Waals surface area contributed by atoms with Crippen molar-refractivity contribution in [1.29, 1.82) is 0 Å². The van der Waals surface area contributed by atoms with Gasteiger partial charge in [0.2, 0.25) is 0 Å². The quantitative estimate of drug-likeness (QED) is 0.461. The highest BCUT2D eigenvalue weighted by molar-refractivity contribution is 6.25. The lowest BCUT2D eigenvalue weighted by molar-refractivity contribution is 0.0454. The lowest BCUT2D eigenvalue weighted by atomic mass is 9.98. The number of benzene rings is 1. The van der Waals surface area contributed by atoms with Gasteiger partial charge in [-0.25, -0.2) is 9.97 Å². The molecule has 3 aromatic rings. The Morgan fingerprint density at radius 2 is 1.87 bits per heavy atom. The molecule has 2 aliphatic heterocycles. The molecule has 5 rings (SSSR count). The van der Waals surface area contributed by atoms with Crippen molar-refractivity contribution >= 4 is 39.6 Å². The number of ether oxygens (including phenoxy) is 1. The fourth-order valence-corrected chi connectivity index (χ4v) is 5.03. The van der Waals surface area contributed by atoms with E-state index < -0.39 is 0 Å². The first-order valence-electron chi connectivity index (χ1n) is 13.2. The third kappa shape index (κ3) is 6.00. The summed E-state index contributed by atoms with van der Waals surface area (Å²) in [5.74, 6) is 1.13. The summed E-state index contributed by atoms with van der Waals surface area (Å²) < 4.78 is 5.47. The summed E-state index contributed by atoms with van der Waals surface area (Å²) in [7, 11) is 1.80. The molecule has 9 heteroatoms. The van der Waals surface area contributed by atoms with Gasteiger partial charge in [0.15, 0.2) is 0 Å². The molecular formula is C29H37N7O2. The number of aliphatic imine (C=N–C) groups is 1. The second-order valence-corrected chi connectivity index (χ2v) is 9.68. The van der Waals surface area contributed by atoms with Crippen LogP contribution in [0.15, 0.2) is 60.0 Å². The van der Waals surface area contributed by atoms with Crippen molar-refractivity contribution < 1.29 is 11.0 Å². The zero-order valence-corrected chi connectivity index (χ0v) is 21.9. The summed E-state index contributed by atoms with van der Waals surface area (Å²) in [4.78, 5) is 31.1. The first-order valence-corrected chi connectivity index (χ1v) is 13.2. The summed E-state index contributed by atoms with van der Waals surface area (Å²) in [6.07, 6.45) is 8.65. The van der Waals surface area contributed by atoms with Crippen molar-refractivity contribution in [2.24, 2.45) is 10.7 Å².